The van der Waals surface area contributed by atoms with Gasteiger partial charge in [-0.3, -0.25) is 14.4 Å². The quantitative estimate of drug-likeness (QED) is 0.486. The second-order valence-electron chi connectivity index (χ2n) is 6.48. The van der Waals surface area contributed by atoms with Crippen LogP contribution < -0.4 is 4.74 Å². The minimum Gasteiger partial charge on any atom is -0.465 e. The Bertz CT molecular complexity index is 685. The third-order valence-electron chi connectivity index (χ3n) is 4.15. The number of ether oxygens (including phenoxy) is 5. The molecule has 8 heteroatoms. The van der Waals surface area contributed by atoms with Crippen LogP contribution in [0.2, 0.25) is 0 Å². The van der Waals surface area contributed by atoms with E-state index in [2.05, 4.69) is 6.92 Å². The molecule has 1 fully saturated rings. The second-order valence-corrected chi connectivity index (χ2v) is 6.48. The van der Waals surface area contributed by atoms with Crippen LogP contribution in [0.4, 0.5) is 0 Å². The Morgan fingerprint density at radius 2 is 1.57 bits per heavy atom. The van der Waals surface area contributed by atoms with Gasteiger partial charge < -0.3 is 23.7 Å². The highest BCUT2D eigenvalue weighted by Gasteiger charge is 2.44. The van der Waals surface area contributed by atoms with Gasteiger partial charge in [-0.1, -0.05) is 32.9 Å². The molecule has 8 nitrogen and oxygen atoms in total. The van der Waals surface area contributed by atoms with Crippen molar-refractivity contribution >= 4 is 17.9 Å². The standard InChI is InChI=1S/C20H26O8.C2H6/c1-5-15-6-8-16(9-7-15)27-19-10-17(25-13(3)22)20(26-14(4)23)18(28-19)11-24-12(2)21;1-2/h6-9,17-20H,5,10-11H2,1-4H3;1-2H3. The van der Waals surface area contributed by atoms with Crippen LogP contribution in [-0.2, 0) is 39.8 Å². The molecule has 30 heavy (non-hydrogen) atoms. The van der Waals surface area contributed by atoms with Crippen molar-refractivity contribution in [2.24, 2.45) is 0 Å². The summed E-state index contributed by atoms with van der Waals surface area (Å²) in [5.41, 5.74) is 1.16. The molecule has 0 bridgehead atoms. The number of hydrogen-bond donors (Lipinski definition) is 0. The number of esters is 3. The van der Waals surface area contributed by atoms with Crippen LogP contribution in [0, 0.1) is 0 Å². The molecule has 1 aliphatic rings. The van der Waals surface area contributed by atoms with E-state index in [9.17, 15) is 14.4 Å². The Morgan fingerprint density at radius 3 is 2.07 bits per heavy atom. The topological polar surface area (TPSA) is 97.4 Å². The Morgan fingerprint density at radius 1 is 0.967 bits per heavy atom. The summed E-state index contributed by atoms with van der Waals surface area (Å²) in [7, 11) is 0. The fraction of sp³-hybridized carbons (Fsp3) is 0.591. The van der Waals surface area contributed by atoms with E-state index in [1.807, 2.05) is 38.1 Å². The van der Waals surface area contributed by atoms with Gasteiger partial charge in [-0.15, -0.1) is 0 Å². The van der Waals surface area contributed by atoms with Crippen LogP contribution in [-0.4, -0.2) is 49.1 Å². The molecule has 1 saturated heterocycles. The molecule has 168 valence electrons. The molecule has 1 aliphatic heterocycles. The summed E-state index contributed by atoms with van der Waals surface area (Å²) < 4.78 is 27.4. The predicted octanol–water partition coefficient (Wildman–Crippen LogP) is 3.20. The van der Waals surface area contributed by atoms with E-state index in [0.29, 0.717) is 5.75 Å². The number of carbonyl (C=O) groups excluding carboxylic acids is 3. The maximum atomic E-state index is 11.5. The number of hydrogen-bond acceptors (Lipinski definition) is 8. The van der Waals surface area contributed by atoms with Gasteiger partial charge in [-0.2, -0.15) is 0 Å². The van der Waals surface area contributed by atoms with Crippen LogP contribution >= 0.6 is 0 Å². The molecule has 0 aliphatic carbocycles. The molecular formula is C22H32O8. The van der Waals surface area contributed by atoms with Crippen molar-refractivity contribution < 1.29 is 38.1 Å². The minimum absolute atomic E-state index is 0.156. The molecule has 0 aromatic heterocycles. The Kier molecular flexibility index (Phi) is 10.9. The van der Waals surface area contributed by atoms with E-state index < -0.39 is 42.5 Å². The maximum absolute atomic E-state index is 11.5. The molecule has 4 unspecified atom stereocenters. The van der Waals surface area contributed by atoms with Crippen molar-refractivity contribution in [1.82, 2.24) is 0 Å². The summed E-state index contributed by atoms with van der Waals surface area (Å²) in [6.07, 6.45) is -2.26. The van der Waals surface area contributed by atoms with Gasteiger partial charge in [0.05, 0.1) is 6.42 Å². The summed E-state index contributed by atoms with van der Waals surface area (Å²) >= 11 is 0. The molecule has 2 rings (SSSR count). The SMILES string of the molecule is CC.CCc1ccc(OC2CC(OC(C)=O)C(OC(C)=O)C(COC(C)=O)O2)cc1. The summed E-state index contributed by atoms with van der Waals surface area (Å²) in [4.78, 5) is 34.2. The van der Waals surface area contributed by atoms with E-state index in [0.717, 1.165) is 12.0 Å². The lowest BCUT2D eigenvalue weighted by Crippen LogP contribution is -2.54. The first-order valence-corrected chi connectivity index (χ1v) is 10.2. The van der Waals surface area contributed by atoms with Gasteiger partial charge in [0.2, 0.25) is 6.29 Å². The fourth-order valence-electron chi connectivity index (χ4n) is 2.93. The van der Waals surface area contributed by atoms with Crippen molar-refractivity contribution in [3.8, 4) is 5.75 Å². The molecule has 0 N–H and O–H groups in total. The normalized spacial score (nSPS) is 22.7. The second kappa shape index (κ2) is 12.8. The number of rotatable bonds is 7. The summed E-state index contributed by atoms with van der Waals surface area (Å²) in [5.74, 6) is -1.01. The van der Waals surface area contributed by atoms with E-state index >= 15 is 0 Å². The molecule has 0 saturated carbocycles. The highest BCUT2D eigenvalue weighted by Crippen LogP contribution is 2.28. The lowest BCUT2D eigenvalue weighted by molar-refractivity contribution is -0.245. The molecule has 4 atom stereocenters. The minimum atomic E-state index is -0.914. The van der Waals surface area contributed by atoms with Gasteiger partial charge in [0, 0.05) is 20.8 Å². The van der Waals surface area contributed by atoms with Gasteiger partial charge in [0.1, 0.15) is 24.6 Å². The number of benzene rings is 1. The Labute approximate surface area is 177 Å². The molecule has 0 spiro atoms. The number of carbonyl (C=O) groups is 3. The van der Waals surface area contributed by atoms with Gasteiger partial charge in [0.25, 0.3) is 0 Å². The van der Waals surface area contributed by atoms with Crippen molar-refractivity contribution in [2.75, 3.05) is 6.61 Å². The van der Waals surface area contributed by atoms with Crippen LogP contribution in [0.25, 0.3) is 0 Å². The highest BCUT2D eigenvalue weighted by atomic mass is 16.7. The average molecular weight is 424 g/mol. The summed E-state index contributed by atoms with van der Waals surface area (Å²) in [6.45, 7) is 9.65. The van der Waals surface area contributed by atoms with Gasteiger partial charge >= 0.3 is 17.9 Å². The van der Waals surface area contributed by atoms with Gasteiger partial charge in [-0.05, 0) is 24.1 Å². The molecule has 0 radical (unpaired) electrons. The van der Waals surface area contributed by atoms with Crippen molar-refractivity contribution in [3.63, 3.8) is 0 Å². The van der Waals surface area contributed by atoms with E-state index in [1.165, 1.54) is 20.8 Å². The fourth-order valence-corrected chi connectivity index (χ4v) is 2.93. The third-order valence-corrected chi connectivity index (χ3v) is 4.15. The van der Waals surface area contributed by atoms with Crippen molar-refractivity contribution in [3.05, 3.63) is 29.8 Å². The predicted molar refractivity (Wildman–Crippen MR) is 109 cm³/mol. The van der Waals surface area contributed by atoms with E-state index in [4.69, 9.17) is 23.7 Å². The lowest BCUT2D eigenvalue weighted by Gasteiger charge is -2.39. The lowest BCUT2D eigenvalue weighted by atomic mass is 10.0. The van der Waals surface area contributed by atoms with Gasteiger partial charge in [0.15, 0.2) is 6.10 Å². The van der Waals surface area contributed by atoms with Crippen LogP contribution in [0.3, 0.4) is 0 Å². The van der Waals surface area contributed by atoms with E-state index in [1.54, 1.807) is 0 Å². The Balaban J connectivity index is 0.00000218. The smallest absolute Gasteiger partial charge is 0.303 e. The first-order chi connectivity index (χ1) is 14.3. The first-order valence-electron chi connectivity index (χ1n) is 10.2. The molecule has 1 heterocycles. The zero-order chi connectivity index (χ0) is 22.7. The average Bonchev–Trinajstić information content (AvgIpc) is 2.70. The third kappa shape index (κ3) is 8.41. The molecule has 1 aromatic carbocycles. The number of aryl methyl sites for hydroxylation is 1. The maximum Gasteiger partial charge on any atom is 0.303 e. The monoisotopic (exact) mass is 424 g/mol. The Hall–Kier alpha value is -2.61. The zero-order valence-electron chi connectivity index (χ0n) is 18.5. The first kappa shape index (κ1) is 25.4. The molecule has 1 aromatic rings. The zero-order valence-corrected chi connectivity index (χ0v) is 18.5. The van der Waals surface area contributed by atoms with Crippen LogP contribution in [0.15, 0.2) is 24.3 Å². The molecule has 0 amide bonds. The summed E-state index contributed by atoms with van der Waals surface area (Å²) in [6, 6.07) is 7.53. The van der Waals surface area contributed by atoms with E-state index in [-0.39, 0.29) is 13.0 Å². The van der Waals surface area contributed by atoms with Crippen LogP contribution in [0.1, 0.15) is 53.5 Å². The van der Waals surface area contributed by atoms with Crippen LogP contribution in [0.5, 0.6) is 5.75 Å². The van der Waals surface area contributed by atoms with Gasteiger partial charge in [-0.25, -0.2) is 0 Å². The highest BCUT2D eigenvalue weighted by molar-refractivity contribution is 5.67. The van der Waals surface area contributed by atoms with Crippen molar-refractivity contribution in [1.29, 1.82) is 0 Å². The van der Waals surface area contributed by atoms with Crippen molar-refractivity contribution in [2.45, 2.75) is 79.0 Å². The largest absolute Gasteiger partial charge is 0.465 e. The summed E-state index contributed by atoms with van der Waals surface area (Å²) in [5, 5.41) is 0. The molecular weight excluding hydrogens is 392 g/mol.